The minimum atomic E-state index is -0.420. The molecular weight excluding hydrogens is 377 g/mol. The van der Waals surface area contributed by atoms with Crippen molar-refractivity contribution in [2.45, 2.75) is 6.42 Å². The lowest BCUT2D eigenvalue weighted by molar-refractivity contribution is 0.0953. The Labute approximate surface area is 146 Å². The van der Waals surface area contributed by atoms with Crippen LogP contribution >= 0.6 is 15.9 Å². The Morgan fingerprint density at radius 2 is 1.88 bits per heavy atom. The molecule has 0 aliphatic carbocycles. The van der Waals surface area contributed by atoms with Crippen LogP contribution in [0.25, 0.3) is 11.5 Å². The average Bonchev–Trinajstić information content (AvgIpc) is 3.04. The van der Waals surface area contributed by atoms with Crippen LogP contribution in [0.15, 0.2) is 57.4 Å². The van der Waals surface area contributed by atoms with E-state index < -0.39 is 5.82 Å². The van der Waals surface area contributed by atoms with Gasteiger partial charge in [-0.05, 0) is 36.4 Å². The van der Waals surface area contributed by atoms with E-state index in [4.69, 9.17) is 4.42 Å². The molecule has 0 saturated heterocycles. The molecule has 0 spiro atoms. The number of halogens is 2. The number of aromatic nitrogens is 2. The van der Waals surface area contributed by atoms with Crippen molar-refractivity contribution in [1.29, 1.82) is 0 Å². The Bertz CT molecular complexity index is 849. The maximum Gasteiger partial charge on any atom is 0.251 e. The smallest absolute Gasteiger partial charge is 0.251 e. The SMILES string of the molecule is O=C(NCCc1nnc(-c2ccccc2F)o1)c1ccc(Br)cc1. The molecule has 5 nitrogen and oxygen atoms in total. The number of nitrogens with one attached hydrogen (secondary N) is 1. The molecule has 122 valence electrons. The molecule has 1 heterocycles. The van der Waals surface area contributed by atoms with Gasteiger partial charge in [-0.25, -0.2) is 4.39 Å². The maximum absolute atomic E-state index is 13.7. The number of rotatable bonds is 5. The van der Waals surface area contributed by atoms with Crippen molar-refractivity contribution in [2.24, 2.45) is 0 Å². The molecule has 0 fully saturated rings. The zero-order chi connectivity index (χ0) is 16.9. The predicted octanol–water partition coefficient (Wildman–Crippen LogP) is 3.61. The van der Waals surface area contributed by atoms with E-state index in [1.54, 1.807) is 42.5 Å². The van der Waals surface area contributed by atoms with Gasteiger partial charge in [0, 0.05) is 23.0 Å². The summed E-state index contributed by atoms with van der Waals surface area (Å²) in [5.74, 6) is -0.140. The quantitative estimate of drug-likeness (QED) is 0.723. The standard InChI is InChI=1S/C17H13BrFN3O2/c18-12-7-5-11(6-8-12)16(23)20-10-9-15-21-22-17(24-15)13-3-1-2-4-14(13)19/h1-8H,9-10H2,(H,20,23). The number of carbonyl (C=O) groups excluding carboxylic acids is 1. The molecule has 0 radical (unpaired) electrons. The van der Waals surface area contributed by atoms with Gasteiger partial charge in [0.15, 0.2) is 0 Å². The number of nitrogens with zero attached hydrogens (tertiary/aromatic N) is 2. The molecule has 0 saturated carbocycles. The van der Waals surface area contributed by atoms with E-state index in [0.29, 0.717) is 24.4 Å². The fourth-order valence-electron chi connectivity index (χ4n) is 2.08. The van der Waals surface area contributed by atoms with Crippen molar-refractivity contribution < 1.29 is 13.6 Å². The highest BCUT2D eigenvalue weighted by molar-refractivity contribution is 9.10. The molecule has 3 rings (SSSR count). The molecule has 2 aromatic carbocycles. The number of hydrogen-bond acceptors (Lipinski definition) is 4. The molecule has 24 heavy (non-hydrogen) atoms. The Balaban J connectivity index is 1.57. The topological polar surface area (TPSA) is 68.0 Å². The molecule has 1 N–H and O–H groups in total. The number of amides is 1. The summed E-state index contributed by atoms with van der Waals surface area (Å²) < 4.78 is 20.0. The summed E-state index contributed by atoms with van der Waals surface area (Å²) in [7, 11) is 0. The van der Waals surface area contributed by atoms with Crippen molar-refractivity contribution in [1.82, 2.24) is 15.5 Å². The highest BCUT2D eigenvalue weighted by atomic mass is 79.9. The molecule has 0 aliphatic rings. The Kier molecular flexibility index (Phi) is 5.00. The zero-order valence-electron chi connectivity index (χ0n) is 12.5. The van der Waals surface area contributed by atoms with Gasteiger partial charge in [-0.3, -0.25) is 4.79 Å². The second kappa shape index (κ2) is 7.35. The van der Waals surface area contributed by atoms with E-state index in [-0.39, 0.29) is 17.4 Å². The maximum atomic E-state index is 13.7. The fraction of sp³-hybridized carbons (Fsp3) is 0.118. The van der Waals surface area contributed by atoms with E-state index in [2.05, 4.69) is 31.4 Å². The van der Waals surface area contributed by atoms with Gasteiger partial charge in [-0.1, -0.05) is 28.1 Å². The van der Waals surface area contributed by atoms with Gasteiger partial charge >= 0.3 is 0 Å². The molecule has 1 aromatic heterocycles. The first-order valence-corrected chi connectivity index (χ1v) is 8.04. The Hall–Kier alpha value is -2.54. The second-order valence-corrected chi connectivity index (χ2v) is 5.91. The van der Waals surface area contributed by atoms with E-state index in [0.717, 1.165) is 4.47 Å². The lowest BCUT2D eigenvalue weighted by atomic mass is 10.2. The largest absolute Gasteiger partial charge is 0.421 e. The first-order chi connectivity index (χ1) is 11.6. The van der Waals surface area contributed by atoms with Gasteiger partial charge in [0.25, 0.3) is 11.8 Å². The van der Waals surface area contributed by atoms with Crippen LogP contribution < -0.4 is 5.32 Å². The highest BCUT2D eigenvalue weighted by Crippen LogP contribution is 2.20. The number of benzene rings is 2. The van der Waals surface area contributed by atoms with Gasteiger partial charge in [0.05, 0.1) is 5.56 Å². The minimum absolute atomic E-state index is 0.127. The van der Waals surface area contributed by atoms with Gasteiger partial charge in [-0.15, -0.1) is 10.2 Å². The van der Waals surface area contributed by atoms with Crippen molar-refractivity contribution in [2.75, 3.05) is 6.54 Å². The summed E-state index contributed by atoms with van der Waals surface area (Å²) >= 11 is 3.32. The van der Waals surface area contributed by atoms with Crippen LogP contribution in [0.3, 0.4) is 0 Å². The molecule has 1 amide bonds. The van der Waals surface area contributed by atoms with E-state index >= 15 is 0 Å². The van der Waals surface area contributed by atoms with Crippen molar-refractivity contribution in [3.05, 3.63) is 70.3 Å². The molecular formula is C17H13BrFN3O2. The van der Waals surface area contributed by atoms with Crippen molar-refractivity contribution in [3.63, 3.8) is 0 Å². The Morgan fingerprint density at radius 1 is 1.12 bits per heavy atom. The third-order valence-corrected chi connectivity index (χ3v) is 3.83. The lowest BCUT2D eigenvalue weighted by Crippen LogP contribution is -2.25. The monoisotopic (exact) mass is 389 g/mol. The Morgan fingerprint density at radius 3 is 2.62 bits per heavy atom. The van der Waals surface area contributed by atoms with Crippen LogP contribution in [-0.2, 0) is 6.42 Å². The summed E-state index contributed by atoms with van der Waals surface area (Å²) in [6.07, 6.45) is 0.365. The molecule has 0 unspecified atom stereocenters. The number of hydrogen-bond donors (Lipinski definition) is 1. The summed E-state index contributed by atoms with van der Waals surface area (Å²) in [5.41, 5.74) is 0.825. The van der Waals surface area contributed by atoms with Crippen LogP contribution in [0.1, 0.15) is 16.2 Å². The molecule has 0 aliphatic heterocycles. The van der Waals surface area contributed by atoms with Crippen LogP contribution in [0.2, 0.25) is 0 Å². The van der Waals surface area contributed by atoms with Crippen LogP contribution in [-0.4, -0.2) is 22.6 Å². The summed E-state index contributed by atoms with van der Waals surface area (Å²) in [6.45, 7) is 0.341. The normalized spacial score (nSPS) is 10.6. The number of carbonyl (C=O) groups is 1. The van der Waals surface area contributed by atoms with E-state index in [1.807, 2.05) is 0 Å². The van der Waals surface area contributed by atoms with E-state index in [9.17, 15) is 9.18 Å². The van der Waals surface area contributed by atoms with E-state index in [1.165, 1.54) is 6.07 Å². The first kappa shape index (κ1) is 16.3. The molecule has 7 heteroatoms. The van der Waals surface area contributed by atoms with Crippen molar-refractivity contribution in [3.8, 4) is 11.5 Å². The third-order valence-electron chi connectivity index (χ3n) is 3.30. The van der Waals surface area contributed by atoms with Crippen LogP contribution in [0.4, 0.5) is 4.39 Å². The first-order valence-electron chi connectivity index (χ1n) is 7.24. The van der Waals surface area contributed by atoms with Crippen LogP contribution in [0, 0.1) is 5.82 Å². The highest BCUT2D eigenvalue weighted by Gasteiger charge is 2.12. The summed E-state index contributed by atoms with van der Waals surface area (Å²) in [6, 6.07) is 13.2. The van der Waals surface area contributed by atoms with Gasteiger partial charge < -0.3 is 9.73 Å². The molecule has 0 atom stereocenters. The van der Waals surface area contributed by atoms with Gasteiger partial charge in [0.1, 0.15) is 5.82 Å². The van der Waals surface area contributed by atoms with Crippen LogP contribution in [0.5, 0.6) is 0 Å². The third kappa shape index (κ3) is 3.86. The summed E-state index contributed by atoms with van der Waals surface area (Å²) in [5, 5.41) is 10.5. The van der Waals surface area contributed by atoms with Crippen molar-refractivity contribution >= 4 is 21.8 Å². The second-order valence-electron chi connectivity index (χ2n) is 4.99. The zero-order valence-corrected chi connectivity index (χ0v) is 14.1. The lowest BCUT2D eigenvalue weighted by Gasteiger charge is -2.03. The van der Waals surface area contributed by atoms with Gasteiger partial charge in [0.2, 0.25) is 5.89 Å². The minimum Gasteiger partial charge on any atom is -0.421 e. The molecule has 0 bridgehead atoms. The summed E-state index contributed by atoms with van der Waals surface area (Å²) in [4.78, 5) is 12.0. The van der Waals surface area contributed by atoms with Gasteiger partial charge in [-0.2, -0.15) is 0 Å². The average molecular weight is 390 g/mol. The molecule has 3 aromatic rings. The fourth-order valence-corrected chi connectivity index (χ4v) is 2.35. The predicted molar refractivity (Wildman–Crippen MR) is 89.9 cm³/mol.